The van der Waals surface area contributed by atoms with Gasteiger partial charge >= 0.3 is 0 Å². The topological polar surface area (TPSA) is 32.7 Å². The average Bonchev–Trinajstić information content (AvgIpc) is 2.45. The second-order valence-electron chi connectivity index (χ2n) is 6.10. The highest BCUT2D eigenvalue weighted by Crippen LogP contribution is 2.35. The Morgan fingerprint density at radius 2 is 2.15 bits per heavy atom. The molecule has 20 heavy (non-hydrogen) atoms. The molecule has 2 atom stereocenters. The normalized spacial score (nSPS) is 22.1. The zero-order valence-electron chi connectivity index (χ0n) is 13.1. The van der Waals surface area contributed by atoms with Gasteiger partial charge < -0.3 is 9.84 Å². The number of rotatable bonds is 5. The number of methoxy groups -OCH3 is 1. The van der Waals surface area contributed by atoms with Crippen LogP contribution in [-0.4, -0.2) is 36.2 Å². The standard InChI is InChI=1S/C17H27NO2/c1-5-18(11-12(2)3)16-9-7-13-6-8-14(20-4)10-15(13)17(16)19/h6,8,10,12,16-17,19H,5,7,9,11H2,1-4H3. The van der Waals surface area contributed by atoms with E-state index in [-0.39, 0.29) is 6.04 Å². The van der Waals surface area contributed by atoms with Crippen LogP contribution >= 0.6 is 0 Å². The van der Waals surface area contributed by atoms with Crippen molar-refractivity contribution in [2.45, 2.75) is 45.8 Å². The Kier molecular flexibility index (Phi) is 5.06. The molecular weight excluding hydrogens is 250 g/mol. The third-order valence-corrected chi connectivity index (χ3v) is 4.22. The number of fused-ring (bicyclic) bond motifs is 1. The van der Waals surface area contributed by atoms with E-state index in [1.54, 1.807) is 7.11 Å². The van der Waals surface area contributed by atoms with Gasteiger partial charge in [-0.1, -0.05) is 26.8 Å². The van der Waals surface area contributed by atoms with Crippen LogP contribution in [0.1, 0.15) is 44.4 Å². The molecule has 0 aromatic heterocycles. The number of hydrogen-bond donors (Lipinski definition) is 1. The lowest BCUT2D eigenvalue weighted by atomic mass is 9.84. The summed E-state index contributed by atoms with van der Waals surface area (Å²) < 4.78 is 5.29. The van der Waals surface area contributed by atoms with E-state index in [4.69, 9.17) is 4.74 Å². The van der Waals surface area contributed by atoms with Crippen LogP contribution in [-0.2, 0) is 6.42 Å². The minimum absolute atomic E-state index is 0.224. The van der Waals surface area contributed by atoms with Crippen molar-refractivity contribution in [3.05, 3.63) is 29.3 Å². The summed E-state index contributed by atoms with van der Waals surface area (Å²) in [6.45, 7) is 8.66. The summed E-state index contributed by atoms with van der Waals surface area (Å²) in [7, 11) is 1.67. The molecule has 1 aromatic carbocycles. The Balaban J connectivity index is 2.22. The van der Waals surface area contributed by atoms with Gasteiger partial charge in [-0.25, -0.2) is 0 Å². The minimum atomic E-state index is -0.410. The highest BCUT2D eigenvalue weighted by Gasteiger charge is 2.32. The monoisotopic (exact) mass is 277 g/mol. The fourth-order valence-electron chi connectivity index (χ4n) is 3.22. The molecule has 0 fully saturated rings. The molecule has 0 radical (unpaired) electrons. The quantitative estimate of drug-likeness (QED) is 0.898. The molecule has 1 aliphatic carbocycles. The first-order valence-corrected chi connectivity index (χ1v) is 7.65. The number of hydrogen-bond acceptors (Lipinski definition) is 3. The summed E-state index contributed by atoms with van der Waals surface area (Å²) in [5.41, 5.74) is 2.30. The second kappa shape index (κ2) is 6.59. The molecule has 1 aliphatic rings. The number of ether oxygens (including phenoxy) is 1. The molecule has 0 saturated carbocycles. The van der Waals surface area contributed by atoms with Crippen LogP contribution in [0.5, 0.6) is 5.75 Å². The van der Waals surface area contributed by atoms with E-state index < -0.39 is 6.10 Å². The summed E-state index contributed by atoms with van der Waals surface area (Å²) in [5, 5.41) is 10.8. The minimum Gasteiger partial charge on any atom is -0.497 e. The summed E-state index contributed by atoms with van der Waals surface area (Å²) in [4.78, 5) is 2.41. The van der Waals surface area contributed by atoms with Crippen molar-refractivity contribution < 1.29 is 9.84 Å². The van der Waals surface area contributed by atoms with Gasteiger partial charge in [0.25, 0.3) is 0 Å². The van der Waals surface area contributed by atoms with Gasteiger partial charge in [-0.05, 0) is 48.6 Å². The third-order valence-electron chi connectivity index (χ3n) is 4.22. The van der Waals surface area contributed by atoms with Gasteiger partial charge in [-0.3, -0.25) is 4.90 Å². The molecule has 1 N–H and O–H groups in total. The molecule has 0 bridgehead atoms. The highest BCUT2D eigenvalue weighted by molar-refractivity contribution is 5.39. The van der Waals surface area contributed by atoms with Gasteiger partial charge in [0.1, 0.15) is 5.75 Å². The van der Waals surface area contributed by atoms with Gasteiger partial charge in [-0.2, -0.15) is 0 Å². The lowest BCUT2D eigenvalue weighted by molar-refractivity contribution is 0.0326. The predicted octanol–water partition coefficient (Wildman–Crippen LogP) is 3.02. The molecule has 0 saturated heterocycles. The predicted molar refractivity (Wildman–Crippen MR) is 82.1 cm³/mol. The van der Waals surface area contributed by atoms with Crippen molar-refractivity contribution in [1.82, 2.24) is 4.90 Å². The van der Waals surface area contributed by atoms with Crippen LogP contribution in [0.3, 0.4) is 0 Å². The summed E-state index contributed by atoms with van der Waals surface area (Å²) in [5.74, 6) is 1.45. The van der Waals surface area contributed by atoms with Crippen LogP contribution in [0.15, 0.2) is 18.2 Å². The van der Waals surface area contributed by atoms with Gasteiger partial charge in [0.05, 0.1) is 13.2 Å². The Hall–Kier alpha value is -1.06. The van der Waals surface area contributed by atoms with Crippen LogP contribution in [0.2, 0.25) is 0 Å². The van der Waals surface area contributed by atoms with Gasteiger partial charge in [-0.15, -0.1) is 0 Å². The van der Waals surface area contributed by atoms with E-state index in [1.807, 2.05) is 12.1 Å². The molecule has 3 heteroatoms. The van der Waals surface area contributed by atoms with Crippen LogP contribution in [0.4, 0.5) is 0 Å². The first-order valence-electron chi connectivity index (χ1n) is 7.65. The number of aryl methyl sites for hydroxylation is 1. The molecule has 3 nitrogen and oxygen atoms in total. The van der Waals surface area contributed by atoms with E-state index >= 15 is 0 Å². The molecule has 112 valence electrons. The fraction of sp³-hybridized carbons (Fsp3) is 0.647. The first kappa shape index (κ1) is 15.3. The second-order valence-corrected chi connectivity index (χ2v) is 6.10. The molecule has 1 aromatic rings. The average molecular weight is 277 g/mol. The number of aliphatic hydroxyl groups excluding tert-OH is 1. The molecule has 0 aliphatic heterocycles. The summed E-state index contributed by atoms with van der Waals surface area (Å²) in [6, 6.07) is 6.29. The Morgan fingerprint density at radius 1 is 1.40 bits per heavy atom. The summed E-state index contributed by atoms with van der Waals surface area (Å²) in [6.07, 6.45) is 1.66. The Bertz CT molecular complexity index is 445. The molecular formula is C17H27NO2. The Labute approximate surface area is 122 Å². The van der Waals surface area contributed by atoms with Crippen LogP contribution in [0, 0.1) is 5.92 Å². The number of aliphatic hydroxyl groups is 1. The first-order chi connectivity index (χ1) is 9.56. The summed E-state index contributed by atoms with van der Waals surface area (Å²) >= 11 is 0. The van der Waals surface area contributed by atoms with Gasteiger partial charge in [0.15, 0.2) is 0 Å². The van der Waals surface area contributed by atoms with Crippen molar-refractivity contribution in [3.8, 4) is 5.75 Å². The van der Waals surface area contributed by atoms with Crippen LogP contribution < -0.4 is 4.74 Å². The van der Waals surface area contributed by atoms with Crippen molar-refractivity contribution >= 4 is 0 Å². The zero-order valence-corrected chi connectivity index (χ0v) is 13.1. The highest BCUT2D eigenvalue weighted by atomic mass is 16.5. The maximum atomic E-state index is 10.8. The van der Waals surface area contributed by atoms with E-state index in [1.165, 1.54) is 5.56 Å². The number of likely N-dealkylation sites (N-methyl/N-ethyl adjacent to an activating group) is 1. The Morgan fingerprint density at radius 3 is 2.75 bits per heavy atom. The molecule has 2 rings (SSSR count). The van der Waals surface area contributed by atoms with Crippen molar-refractivity contribution in [2.75, 3.05) is 20.2 Å². The molecule has 0 spiro atoms. The zero-order chi connectivity index (χ0) is 14.7. The maximum absolute atomic E-state index is 10.8. The van der Waals surface area contributed by atoms with E-state index in [0.717, 1.165) is 37.2 Å². The van der Waals surface area contributed by atoms with Crippen LogP contribution in [0.25, 0.3) is 0 Å². The smallest absolute Gasteiger partial charge is 0.119 e. The largest absolute Gasteiger partial charge is 0.497 e. The lowest BCUT2D eigenvalue weighted by Gasteiger charge is -2.39. The van der Waals surface area contributed by atoms with Crippen molar-refractivity contribution in [2.24, 2.45) is 5.92 Å². The maximum Gasteiger partial charge on any atom is 0.119 e. The molecule has 2 unspecified atom stereocenters. The van der Waals surface area contributed by atoms with Crippen molar-refractivity contribution in [1.29, 1.82) is 0 Å². The SMILES string of the molecule is CCN(CC(C)C)C1CCc2ccc(OC)cc2C1O. The van der Waals surface area contributed by atoms with E-state index in [2.05, 4.69) is 31.7 Å². The van der Waals surface area contributed by atoms with Crippen molar-refractivity contribution in [3.63, 3.8) is 0 Å². The number of nitrogens with zero attached hydrogens (tertiary/aromatic N) is 1. The van der Waals surface area contributed by atoms with Gasteiger partial charge in [0.2, 0.25) is 0 Å². The molecule has 0 heterocycles. The fourth-order valence-corrected chi connectivity index (χ4v) is 3.22. The van der Waals surface area contributed by atoms with E-state index in [0.29, 0.717) is 5.92 Å². The van der Waals surface area contributed by atoms with E-state index in [9.17, 15) is 5.11 Å². The number of benzene rings is 1. The molecule has 0 amide bonds. The third kappa shape index (κ3) is 3.15. The lowest BCUT2D eigenvalue weighted by Crippen LogP contribution is -2.43. The van der Waals surface area contributed by atoms with Gasteiger partial charge in [0, 0.05) is 12.6 Å².